The molecular weight excluding hydrogens is 282 g/mol. The summed E-state index contributed by atoms with van der Waals surface area (Å²) in [6.45, 7) is 0. The van der Waals surface area contributed by atoms with Crippen molar-refractivity contribution < 1.29 is 9.53 Å². The Hall–Kier alpha value is -3.15. The van der Waals surface area contributed by atoms with E-state index in [9.17, 15) is 9.59 Å². The molecule has 0 aliphatic rings. The summed E-state index contributed by atoms with van der Waals surface area (Å²) in [5.41, 5.74) is 0.792. The van der Waals surface area contributed by atoms with Crippen molar-refractivity contribution in [3.63, 3.8) is 0 Å². The van der Waals surface area contributed by atoms with Crippen molar-refractivity contribution in [3.05, 3.63) is 64.6 Å². The lowest BCUT2D eigenvalue weighted by Crippen LogP contribution is -2.23. The Morgan fingerprint density at radius 3 is 2.77 bits per heavy atom. The summed E-state index contributed by atoms with van der Waals surface area (Å²) in [7, 11) is 1.51. The number of carbonyl (C=O) groups excluding carboxylic acids is 1. The minimum atomic E-state index is -0.487. The van der Waals surface area contributed by atoms with Crippen LogP contribution >= 0.6 is 0 Å². The van der Waals surface area contributed by atoms with E-state index in [1.54, 1.807) is 24.3 Å². The normalized spacial score (nSPS) is 10.4. The van der Waals surface area contributed by atoms with E-state index in [0.717, 1.165) is 5.39 Å². The van der Waals surface area contributed by atoms with Gasteiger partial charge in [0.1, 0.15) is 5.56 Å². The van der Waals surface area contributed by atoms with Crippen LogP contribution in [-0.2, 0) is 0 Å². The average Bonchev–Trinajstić information content (AvgIpc) is 2.54. The highest BCUT2D eigenvalue weighted by molar-refractivity contribution is 6.05. The number of anilines is 1. The van der Waals surface area contributed by atoms with Crippen LogP contribution in [0.5, 0.6) is 5.88 Å². The summed E-state index contributed by atoms with van der Waals surface area (Å²) in [6, 6.07) is 12.1. The van der Waals surface area contributed by atoms with Gasteiger partial charge in [-0.15, -0.1) is 0 Å². The van der Waals surface area contributed by atoms with Crippen LogP contribution in [0.4, 0.5) is 5.69 Å². The van der Waals surface area contributed by atoms with Crippen LogP contribution in [0, 0.1) is 0 Å². The number of ether oxygens (including phenoxy) is 1. The fraction of sp³-hybridized carbons (Fsp3) is 0.0625. The second kappa shape index (κ2) is 5.69. The number of carbonyl (C=O) groups is 1. The molecule has 0 aliphatic heterocycles. The zero-order chi connectivity index (χ0) is 15.5. The minimum absolute atomic E-state index is 0.0505. The fourth-order valence-corrected chi connectivity index (χ4v) is 2.09. The maximum absolute atomic E-state index is 12.2. The Kier molecular flexibility index (Phi) is 3.57. The summed E-state index contributed by atoms with van der Waals surface area (Å²) < 4.78 is 4.95. The van der Waals surface area contributed by atoms with Crippen LogP contribution < -0.4 is 15.6 Å². The number of nitrogens with one attached hydrogen (secondary N) is 2. The van der Waals surface area contributed by atoms with E-state index in [-0.39, 0.29) is 5.56 Å². The van der Waals surface area contributed by atoms with Crippen molar-refractivity contribution in [2.75, 3.05) is 12.4 Å². The molecule has 2 heterocycles. The van der Waals surface area contributed by atoms with Gasteiger partial charge in [-0.05, 0) is 23.6 Å². The van der Waals surface area contributed by atoms with E-state index >= 15 is 0 Å². The SMILES string of the molecule is COc1ccc(NC(=O)c2cc3ccccc3[nH]c2=O)cn1. The molecule has 6 nitrogen and oxygen atoms in total. The summed E-state index contributed by atoms with van der Waals surface area (Å²) in [4.78, 5) is 30.9. The molecule has 22 heavy (non-hydrogen) atoms. The number of aromatic amines is 1. The van der Waals surface area contributed by atoms with E-state index < -0.39 is 11.5 Å². The molecule has 0 fully saturated rings. The Morgan fingerprint density at radius 2 is 2.05 bits per heavy atom. The molecule has 0 atom stereocenters. The molecule has 1 aromatic carbocycles. The van der Waals surface area contributed by atoms with Crippen LogP contribution in [0.15, 0.2) is 53.5 Å². The Balaban J connectivity index is 1.91. The second-order valence-corrected chi connectivity index (χ2v) is 4.64. The number of rotatable bonds is 3. The van der Waals surface area contributed by atoms with Gasteiger partial charge in [0.15, 0.2) is 0 Å². The maximum atomic E-state index is 12.2. The van der Waals surface area contributed by atoms with Crippen LogP contribution in [0.2, 0.25) is 0 Å². The first-order valence-electron chi connectivity index (χ1n) is 6.61. The van der Waals surface area contributed by atoms with Crippen molar-refractivity contribution in [2.24, 2.45) is 0 Å². The fourth-order valence-electron chi connectivity index (χ4n) is 2.09. The van der Waals surface area contributed by atoms with Crippen molar-refractivity contribution in [3.8, 4) is 5.88 Å². The van der Waals surface area contributed by atoms with Gasteiger partial charge in [-0.1, -0.05) is 18.2 Å². The third-order valence-electron chi connectivity index (χ3n) is 3.20. The summed E-state index contributed by atoms with van der Waals surface area (Å²) >= 11 is 0. The third kappa shape index (κ3) is 2.67. The number of amides is 1. The standard InChI is InChI=1S/C16H13N3O3/c1-22-14-7-6-11(9-17-14)18-15(20)12-8-10-4-2-3-5-13(10)19-16(12)21/h2-9H,1H3,(H,18,20)(H,19,21). The van der Waals surface area contributed by atoms with Crippen molar-refractivity contribution in [1.82, 2.24) is 9.97 Å². The molecule has 1 amide bonds. The number of nitrogens with zero attached hydrogens (tertiary/aromatic N) is 1. The first kappa shape index (κ1) is 13.8. The number of hydrogen-bond acceptors (Lipinski definition) is 4. The van der Waals surface area contributed by atoms with Gasteiger partial charge in [-0.25, -0.2) is 4.98 Å². The Labute approximate surface area is 125 Å². The zero-order valence-electron chi connectivity index (χ0n) is 11.8. The molecule has 0 saturated heterocycles. The number of hydrogen-bond donors (Lipinski definition) is 2. The van der Waals surface area contributed by atoms with E-state index in [2.05, 4.69) is 15.3 Å². The molecule has 0 aliphatic carbocycles. The average molecular weight is 295 g/mol. The van der Waals surface area contributed by atoms with Crippen LogP contribution in [0.25, 0.3) is 10.9 Å². The highest BCUT2D eigenvalue weighted by Gasteiger charge is 2.12. The summed E-state index contributed by atoms with van der Waals surface area (Å²) in [5.74, 6) is -0.0412. The maximum Gasteiger partial charge on any atom is 0.261 e. The highest BCUT2D eigenvalue weighted by Crippen LogP contribution is 2.13. The predicted molar refractivity (Wildman–Crippen MR) is 83.3 cm³/mol. The van der Waals surface area contributed by atoms with E-state index in [1.807, 2.05) is 18.2 Å². The van der Waals surface area contributed by atoms with E-state index in [4.69, 9.17) is 4.74 Å². The minimum Gasteiger partial charge on any atom is -0.481 e. The first-order chi connectivity index (χ1) is 10.7. The van der Waals surface area contributed by atoms with E-state index in [0.29, 0.717) is 17.1 Å². The van der Waals surface area contributed by atoms with Gasteiger partial charge in [0.25, 0.3) is 11.5 Å². The summed E-state index contributed by atoms with van der Waals surface area (Å²) in [6.07, 6.45) is 1.46. The van der Waals surface area contributed by atoms with Crippen LogP contribution in [0.1, 0.15) is 10.4 Å². The molecule has 0 radical (unpaired) electrons. The topological polar surface area (TPSA) is 84.1 Å². The van der Waals surface area contributed by atoms with Crippen LogP contribution in [-0.4, -0.2) is 23.0 Å². The van der Waals surface area contributed by atoms with Crippen molar-refractivity contribution in [2.45, 2.75) is 0 Å². The number of benzene rings is 1. The van der Waals surface area contributed by atoms with Crippen molar-refractivity contribution in [1.29, 1.82) is 0 Å². The molecule has 0 unspecified atom stereocenters. The number of methoxy groups -OCH3 is 1. The first-order valence-corrected chi connectivity index (χ1v) is 6.61. The largest absolute Gasteiger partial charge is 0.481 e. The van der Waals surface area contributed by atoms with Gasteiger partial charge in [0.2, 0.25) is 5.88 Å². The number of pyridine rings is 2. The van der Waals surface area contributed by atoms with Gasteiger partial charge in [-0.2, -0.15) is 0 Å². The molecule has 2 N–H and O–H groups in total. The molecular formula is C16H13N3O3. The Bertz CT molecular complexity index is 885. The molecule has 0 spiro atoms. The molecule has 3 rings (SSSR count). The van der Waals surface area contributed by atoms with Gasteiger partial charge in [0, 0.05) is 11.6 Å². The second-order valence-electron chi connectivity index (χ2n) is 4.64. The molecule has 6 heteroatoms. The lowest BCUT2D eigenvalue weighted by atomic mass is 10.1. The lowest BCUT2D eigenvalue weighted by Gasteiger charge is -2.06. The third-order valence-corrected chi connectivity index (χ3v) is 3.20. The lowest BCUT2D eigenvalue weighted by molar-refractivity contribution is 0.102. The smallest absolute Gasteiger partial charge is 0.261 e. The van der Waals surface area contributed by atoms with E-state index in [1.165, 1.54) is 13.3 Å². The van der Waals surface area contributed by atoms with Gasteiger partial charge in [0.05, 0.1) is 19.0 Å². The predicted octanol–water partition coefficient (Wildman–Crippen LogP) is 2.18. The summed E-state index contributed by atoms with van der Waals surface area (Å²) in [5, 5.41) is 3.43. The zero-order valence-corrected chi connectivity index (χ0v) is 11.8. The quantitative estimate of drug-likeness (QED) is 0.775. The molecule has 2 aromatic heterocycles. The molecule has 3 aromatic rings. The van der Waals surface area contributed by atoms with Crippen molar-refractivity contribution >= 4 is 22.5 Å². The number of fused-ring (bicyclic) bond motifs is 1. The van der Waals surface area contributed by atoms with Gasteiger partial charge >= 0.3 is 0 Å². The number of H-pyrrole nitrogens is 1. The van der Waals surface area contributed by atoms with Gasteiger partial charge < -0.3 is 15.0 Å². The van der Waals surface area contributed by atoms with Gasteiger partial charge in [-0.3, -0.25) is 9.59 Å². The number of aromatic nitrogens is 2. The molecule has 0 bridgehead atoms. The number of para-hydroxylation sites is 1. The molecule has 110 valence electrons. The molecule has 0 saturated carbocycles. The van der Waals surface area contributed by atoms with Crippen LogP contribution in [0.3, 0.4) is 0 Å². The highest BCUT2D eigenvalue weighted by atomic mass is 16.5. The monoisotopic (exact) mass is 295 g/mol. The Morgan fingerprint density at radius 1 is 1.23 bits per heavy atom.